The summed E-state index contributed by atoms with van der Waals surface area (Å²) in [5.41, 5.74) is 1.77. The number of hydrogen-bond donors (Lipinski definition) is 1. The molecular weight excluding hydrogens is 427 g/mol. The lowest BCUT2D eigenvalue weighted by Crippen LogP contribution is -2.48. The molecule has 3 aromatic rings. The van der Waals surface area contributed by atoms with Gasteiger partial charge in [0.25, 0.3) is 5.91 Å². The van der Waals surface area contributed by atoms with E-state index in [1.54, 1.807) is 0 Å². The first-order valence-corrected chi connectivity index (χ1v) is 11.1. The van der Waals surface area contributed by atoms with Gasteiger partial charge in [0.1, 0.15) is 5.82 Å². The topological polar surface area (TPSA) is 49.4 Å². The van der Waals surface area contributed by atoms with Crippen LogP contribution in [-0.2, 0) is 4.79 Å². The van der Waals surface area contributed by atoms with Crippen molar-refractivity contribution in [3.05, 3.63) is 106 Å². The smallest absolute Gasteiger partial charge is 0.255 e. The van der Waals surface area contributed by atoms with Gasteiger partial charge in [-0.15, -0.1) is 0 Å². The quantitative estimate of drug-likeness (QED) is 0.592. The molecule has 1 aliphatic heterocycles. The van der Waals surface area contributed by atoms with E-state index in [0.717, 1.165) is 11.1 Å². The molecule has 1 fully saturated rings. The van der Waals surface area contributed by atoms with E-state index in [9.17, 15) is 14.0 Å². The molecule has 0 spiro atoms. The maximum Gasteiger partial charge on any atom is 0.255 e. The van der Waals surface area contributed by atoms with E-state index in [2.05, 4.69) is 5.32 Å². The zero-order valence-corrected chi connectivity index (χ0v) is 18.3. The van der Waals surface area contributed by atoms with Crippen LogP contribution < -0.4 is 5.32 Å². The van der Waals surface area contributed by atoms with Gasteiger partial charge in [-0.2, -0.15) is 0 Å². The number of halogens is 2. The Labute approximate surface area is 192 Å². The van der Waals surface area contributed by atoms with Crippen molar-refractivity contribution in [2.45, 2.75) is 24.8 Å². The van der Waals surface area contributed by atoms with E-state index in [-0.39, 0.29) is 28.5 Å². The number of carbonyl (C=O) groups excluding carboxylic acids is 2. The number of nitrogens with zero attached hydrogens (tertiary/aromatic N) is 1. The molecular formula is C26H24ClFN2O2. The number of piperidine rings is 1. The molecule has 0 bridgehead atoms. The van der Waals surface area contributed by atoms with Crippen molar-refractivity contribution < 1.29 is 14.0 Å². The van der Waals surface area contributed by atoms with Crippen molar-refractivity contribution in [1.29, 1.82) is 0 Å². The van der Waals surface area contributed by atoms with Gasteiger partial charge in [0.2, 0.25) is 5.91 Å². The molecule has 164 valence electrons. The minimum Gasteiger partial charge on any atom is -0.349 e. The van der Waals surface area contributed by atoms with Gasteiger partial charge in [-0.05, 0) is 36.1 Å². The molecule has 4 rings (SSSR count). The van der Waals surface area contributed by atoms with Gasteiger partial charge in [-0.25, -0.2) is 4.39 Å². The fourth-order valence-electron chi connectivity index (χ4n) is 4.17. The van der Waals surface area contributed by atoms with Crippen molar-refractivity contribution in [3.63, 3.8) is 0 Å². The first-order valence-electron chi connectivity index (χ1n) is 10.7. The first-order chi connectivity index (χ1) is 15.5. The predicted octanol–water partition coefficient (Wildman–Crippen LogP) is 5.03. The maximum atomic E-state index is 14.0. The third kappa shape index (κ3) is 4.83. The lowest BCUT2D eigenvalue weighted by molar-refractivity contribution is -0.132. The van der Waals surface area contributed by atoms with E-state index in [0.29, 0.717) is 25.9 Å². The summed E-state index contributed by atoms with van der Waals surface area (Å²) in [6, 6.07) is 23.6. The van der Waals surface area contributed by atoms with Crippen LogP contribution in [0.5, 0.6) is 0 Å². The zero-order valence-electron chi connectivity index (χ0n) is 17.5. The first kappa shape index (κ1) is 22.0. The van der Waals surface area contributed by atoms with Gasteiger partial charge < -0.3 is 10.2 Å². The van der Waals surface area contributed by atoms with E-state index in [4.69, 9.17) is 11.6 Å². The zero-order chi connectivity index (χ0) is 22.5. The van der Waals surface area contributed by atoms with Crippen molar-refractivity contribution in [1.82, 2.24) is 10.2 Å². The normalized spacial score (nSPS) is 14.4. The largest absolute Gasteiger partial charge is 0.349 e. The van der Waals surface area contributed by atoms with Crippen molar-refractivity contribution in [2.75, 3.05) is 13.1 Å². The minimum absolute atomic E-state index is 0.0457. The van der Waals surface area contributed by atoms with E-state index in [1.165, 1.54) is 18.2 Å². The van der Waals surface area contributed by atoms with Crippen LogP contribution in [-0.4, -0.2) is 35.8 Å². The molecule has 0 saturated carbocycles. The Balaban J connectivity index is 1.44. The molecule has 0 atom stereocenters. The Morgan fingerprint density at radius 3 is 1.97 bits per heavy atom. The third-order valence-corrected chi connectivity index (χ3v) is 6.16. The summed E-state index contributed by atoms with van der Waals surface area (Å²) in [7, 11) is 0. The van der Waals surface area contributed by atoms with Crippen LogP contribution in [0.3, 0.4) is 0 Å². The summed E-state index contributed by atoms with van der Waals surface area (Å²) in [5.74, 6) is -1.49. The minimum atomic E-state index is -0.642. The van der Waals surface area contributed by atoms with Crippen molar-refractivity contribution in [3.8, 4) is 0 Å². The van der Waals surface area contributed by atoms with E-state index >= 15 is 0 Å². The van der Waals surface area contributed by atoms with Gasteiger partial charge in [0.15, 0.2) is 0 Å². The summed E-state index contributed by atoms with van der Waals surface area (Å²) in [6.07, 6.45) is 1.19. The number of benzene rings is 3. The number of nitrogens with one attached hydrogen (secondary N) is 1. The molecule has 6 heteroatoms. The summed E-state index contributed by atoms with van der Waals surface area (Å²) < 4.78 is 14.0. The molecule has 1 saturated heterocycles. The van der Waals surface area contributed by atoms with E-state index < -0.39 is 11.7 Å². The standard InChI is InChI=1S/C26H24ClFN2O2/c27-21-12-7-13-22(28)24(21)25(31)29-20-14-16-30(17-15-20)26(32)23(18-8-3-1-4-9-18)19-10-5-2-6-11-19/h1-13,20,23H,14-17H2,(H,29,31). The highest BCUT2D eigenvalue weighted by molar-refractivity contribution is 6.33. The number of carbonyl (C=O) groups is 2. The number of likely N-dealkylation sites (tertiary alicyclic amines) is 1. The van der Waals surface area contributed by atoms with Crippen LogP contribution in [0.15, 0.2) is 78.9 Å². The summed E-state index contributed by atoms with van der Waals surface area (Å²) in [6.45, 7) is 1.04. The Kier molecular flexibility index (Phi) is 6.86. The lowest BCUT2D eigenvalue weighted by Gasteiger charge is -2.35. The van der Waals surface area contributed by atoms with Crippen LogP contribution in [0.2, 0.25) is 5.02 Å². The highest BCUT2D eigenvalue weighted by Crippen LogP contribution is 2.28. The van der Waals surface area contributed by atoms with Gasteiger partial charge in [0.05, 0.1) is 16.5 Å². The van der Waals surface area contributed by atoms with Crippen LogP contribution in [0.25, 0.3) is 0 Å². The monoisotopic (exact) mass is 450 g/mol. The molecule has 1 N–H and O–H groups in total. The Hall–Kier alpha value is -3.18. The molecule has 0 aliphatic carbocycles. The lowest BCUT2D eigenvalue weighted by atomic mass is 9.89. The van der Waals surface area contributed by atoms with E-state index in [1.807, 2.05) is 65.6 Å². The van der Waals surface area contributed by atoms with Gasteiger partial charge in [0, 0.05) is 19.1 Å². The molecule has 0 unspecified atom stereocenters. The average molecular weight is 451 g/mol. The van der Waals surface area contributed by atoms with Crippen molar-refractivity contribution >= 4 is 23.4 Å². The third-order valence-electron chi connectivity index (χ3n) is 5.84. The van der Waals surface area contributed by atoms with Crippen LogP contribution >= 0.6 is 11.6 Å². The highest BCUT2D eigenvalue weighted by atomic mass is 35.5. The molecule has 2 amide bonds. The van der Waals surface area contributed by atoms with Crippen LogP contribution in [0, 0.1) is 5.82 Å². The summed E-state index contributed by atoms with van der Waals surface area (Å²) >= 11 is 6.00. The molecule has 0 radical (unpaired) electrons. The average Bonchev–Trinajstić information content (AvgIpc) is 2.81. The number of hydrogen-bond acceptors (Lipinski definition) is 2. The second-order valence-electron chi connectivity index (χ2n) is 7.92. The Morgan fingerprint density at radius 2 is 1.44 bits per heavy atom. The highest BCUT2D eigenvalue weighted by Gasteiger charge is 2.31. The van der Waals surface area contributed by atoms with Gasteiger partial charge >= 0.3 is 0 Å². The molecule has 3 aromatic carbocycles. The number of rotatable bonds is 5. The Bertz CT molecular complexity index is 1020. The summed E-state index contributed by atoms with van der Waals surface area (Å²) in [4.78, 5) is 27.9. The van der Waals surface area contributed by atoms with Crippen LogP contribution in [0.4, 0.5) is 4.39 Å². The molecule has 4 nitrogen and oxygen atoms in total. The molecule has 1 heterocycles. The van der Waals surface area contributed by atoms with Gasteiger partial charge in [-0.3, -0.25) is 9.59 Å². The molecule has 32 heavy (non-hydrogen) atoms. The second kappa shape index (κ2) is 9.96. The fraction of sp³-hybridized carbons (Fsp3) is 0.231. The van der Waals surface area contributed by atoms with Crippen LogP contribution in [0.1, 0.15) is 40.2 Å². The maximum absolute atomic E-state index is 14.0. The Morgan fingerprint density at radius 1 is 0.875 bits per heavy atom. The molecule has 0 aromatic heterocycles. The predicted molar refractivity (Wildman–Crippen MR) is 123 cm³/mol. The van der Waals surface area contributed by atoms with Gasteiger partial charge in [-0.1, -0.05) is 78.3 Å². The number of amides is 2. The molecule has 1 aliphatic rings. The SMILES string of the molecule is O=C(NC1CCN(C(=O)C(c2ccccc2)c2ccccc2)CC1)c1c(F)cccc1Cl. The van der Waals surface area contributed by atoms with Crippen molar-refractivity contribution in [2.24, 2.45) is 0 Å². The summed E-state index contributed by atoms with van der Waals surface area (Å²) in [5, 5.41) is 2.95. The fourth-order valence-corrected chi connectivity index (χ4v) is 4.42. The second-order valence-corrected chi connectivity index (χ2v) is 8.33.